The number of nitrogens with zero attached hydrogens (tertiary/aromatic N) is 1. The van der Waals surface area contributed by atoms with Crippen molar-refractivity contribution in [1.82, 2.24) is 0 Å². The zero-order chi connectivity index (χ0) is 11.8. The van der Waals surface area contributed by atoms with Crippen LogP contribution in [0.4, 0.5) is 11.4 Å². The van der Waals surface area contributed by atoms with Gasteiger partial charge in [-0.3, -0.25) is 5.21 Å². The van der Waals surface area contributed by atoms with Crippen LogP contribution >= 0.6 is 0 Å². The van der Waals surface area contributed by atoms with Gasteiger partial charge in [0, 0.05) is 0 Å². The number of hydrogen-bond donors (Lipinski definition) is 1. The first kappa shape index (κ1) is 12.3. The highest BCUT2D eigenvalue weighted by atomic mass is 16.5. The van der Waals surface area contributed by atoms with Crippen molar-refractivity contribution in [2.75, 3.05) is 5.06 Å². The van der Waals surface area contributed by atoms with Crippen molar-refractivity contribution in [3.63, 3.8) is 0 Å². The Balaban J connectivity index is 0.000000606. The molecule has 0 bridgehead atoms. The van der Waals surface area contributed by atoms with E-state index in [1.54, 1.807) is 0 Å². The largest absolute Gasteiger partial charge is 0.284 e. The van der Waals surface area contributed by atoms with E-state index in [4.69, 9.17) is 0 Å². The molecule has 0 aliphatic carbocycles. The summed E-state index contributed by atoms with van der Waals surface area (Å²) in [6.45, 7) is 4.00. The third-order valence-corrected chi connectivity index (χ3v) is 2.00. The summed E-state index contributed by atoms with van der Waals surface area (Å²) in [5, 5.41) is 11.0. The van der Waals surface area contributed by atoms with Gasteiger partial charge in [-0.05, 0) is 24.3 Å². The smallest absolute Gasteiger partial charge is 0.0693 e. The normalized spacial score (nSPS) is 8.94. The number of para-hydroxylation sites is 2. The summed E-state index contributed by atoms with van der Waals surface area (Å²) in [4.78, 5) is 0. The molecule has 0 saturated heterocycles. The fourth-order valence-corrected chi connectivity index (χ4v) is 1.29. The van der Waals surface area contributed by atoms with Gasteiger partial charge in [0.15, 0.2) is 0 Å². The molecule has 2 aromatic carbocycles. The first-order valence-electron chi connectivity index (χ1n) is 5.47. The Kier molecular flexibility index (Phi) is 5.09. The van der Waals surface area contributed by atoms with Gasteiger partial charge in [-0.15, -0.1) is 0 Å². The number of anilines is 2. The quantitative estimate of drug-likeness (QED) is 0.757. The molecule has 0 aliphatic rings. The van der Waals surface area contributed by atoms with Crippen molar-refractivity contribution in [2.24, 2.45) is 0 Å². The van der Waals surface area contributed by atoms with Gasteiger partial charge < -0.3 is 0 Å². The van der Waals surface area contributed by atoms with E-state index in [1.807, 2.05) is 74.5 Å². The van der Waals surface area contributed by atoms with E-state index < -0.39 is 0 Å². The van der Waals surface area contributed by atoms with Crippen LogP contribution in [0.5, 0.6) is 0 Å². The molecule has 16 heavy (non-hydrogen) atoms. The highest BCUT2D eigenvalue weighted by molar-refractivity contribution is 5.59. The van der Waals surface area contributed by atoms with Crippen LogP contribution in [0.15, 0.2) is 60.7 Å². The highest BCUT2D eigenvalue weighted by Crippen LogP contribution is 2.21. The van der Waals surface area contributed by atoms with Crippen molar-refractivity contribution in [1.29, 1.82) is 0 Å². The van der Waals surface area contributed by atoms with Crippen LogP contribution in [-0.2, 0) is 0 Å². The lowest BCUT2D eigenvalue weighted by Gasteiger charge is -2.16. The molecule has 2 nitrogen and oxygen atoms in total. The maximum atomic E-state index is 9.83. The van der Waals surface area contributed by atoms with E-state index in [1.165, 1.54) is 5.06 Å². The summed E-state index contributed by atoms with van der Waals surface area (Å²) < 4.78 is 0. The Morgan fingerprint density at radius 2 is 1.00 bits per heavy atom. The van der Waals surface area contributed by atoms with Crippen molar-refractivity contribution >= 4 is 11.4 Å². The van der Waals surface area contributed by atoms with Gasteiger partial charge in [0.1, 0.15) is 0 Å². The summed E-state index contributed by atoms with van der Waals surface area (Å²) in [6, 6.07) is 18.8. The number of hydrogen-bond acceptors (Lipinski definition) is 2. The fraction of sp³-hybridized carbons (Fsp3) is 0.143. The second-order valence-electron chi connectivity index (χ2n) is 2.98. The molecule has 2 aromatic rings. The first-order valence-corrected chi connectivity index (χ1v) is 5.47. The third kappa shape index (κ3) is 3.11. The van der Waals surface area contributed by atoms with E-state index in [9.17, 15) is 5.21 Å². The van der Waals surface area contributed by atoms with Gasteiger partial charge in [-0.1, -0.05) is 50.2 Å². The Hall–Kier alpha value is -1.80. The zero-order valence-corrected chi connectivity index (χ0v) is 9.67. The fourth-order valence-electron chi connectivity index (χ4n) is 1.29. The second kappa shape index (κ2) is 6.64. The molecule has 0 atom stereocenters. The summed E-state index contributed by atoms with van der Waals surface area (Å²) in [5.74, 6) is 0. The van der Waals surface area contributed by atoms with Gasteiger partial charge in [0.2, 0.25) is 0 Å². The molecule has 0 spiro atoms. The molecule has 0 aromatic heterocycles. The Morgan fingerprint density at radius 1 is 0.688 bits per heavy atom. The minimum Gasteiger partial charge on any atom is -0.284 e. The van der Waals surface area contributed by atoms with Gasteiger partial charge >= 0.3 is 0 Å². The minimum atomic E-state index is 0.763. The average Bonchev–Trinajstić information content (AvgIpc) is 2.42. The van der Waals surface area contributed by atoms with Crippen LogP contribution in [0.2, 0.25) is 0 Å². The Morgan fingerprint density at radius 3 is 1.31 bits per heavy atom. The lowest BCUT2D eigenvalue weighted by molar-refractivity contribution is 0.301. The lowest BCUT2D eigenvalue weighted by Crippen LogP contribution is -2.09. The van der Waals surface area contributed by atoms with Crippen LogP contribution in [0.25, 0.3) is 0 Å². The van der Waals surface area contributed by atoms with Gasteiger partial charge in [0.25, 0.3) is 0 Å². The molecule has 84 valence electrons. The summed E-state index contributed by atoms with van der Waals surface area (Å²) in [6.07, 6.45) is 0. The molecule has 2 rings (SSSR count). The molecule has 1 N–H and O–H groups in total. The molecular formula is C14H17NO. The minimum absolute atomic E-state index is 0.763. The zero-order valence-electron chi connectivity index (χ0n) is 9.67. The Bertz CT molecular complexity index is 346. The molecule has 0 fully saturated rings. The van der Waals surface area contributed by atoms with Crippen LogP contribution < -0.4 is 5.06 Å². The van der Waals surface area contributed by atoms with E-state index >= 15 is 0 Å². The van der Waals surface area contributed by atoms with Crippen LogP contribution in [0, 0.1) is 0 Å². The molecule has 0 heterocycles. The topological polar surface area (TPSA) is 23.5 Å². The predicted molar refractivity (Wildman–Crippen MR) is 68.2 cm³/mol. The number of benzene rings is 2. The van der Waals surface area contributed by atoms with E-state index in [-0.39, 0.29) is 0 Å². The summed E-state index contributed by atoms with van der Waals surface area (Å²) >= 11 is 0. The highest BCUT2D eigenvalue weighted by Gasteiger charge is 2.02. The standard InChI is InChI=1S/C12H11NO.C2H6/c14-13(11-7-3-1-4-8-11)12-9-5-2-6-10-12;1-2/h1-10,14H;1-2H3. The average molecular weight is 215 g/mol. The van der Waals surface area contributed by atoms with Crippen molar-refractivity contribution in [3.05, 3.63) is 60.7 Å². The second-order valence-corrected chi connectivity index (χ2v) is 2.98. The van der Waals surface area contributed by atoms with E-state index in [0.29, 0.717) is 0 Å². The Labute approximate surface area is 96.7 Å². The van der Waals surface area contributed by atoms with E-state index in [2.05, 4.69) is 0 Å². The third-order valence-electron chi connectivity index (χ3n) is 2.00. The molecule has 0 amide bonds. The summed E-state index contributed by atoms with van der Waals surface area (Å²) in [7, 11) is 0. The molecule has 0 aliphatic heterocycles. The summed E-state index contributed by atoms with van der Waals surface area (Å²) in [5.41, 5.74) is 1.53. The SMILES string of the molecule is CC.ON(c1ccccc1)c1ccccc1. The van der Waals surface area contributed by atoms with Gasteiger partial charge in [-0.2, -0.15) is 0 Å². The maximum absolute atomic E-state index is 9.83. The van der Waals surface area contributed by atoms with Crippen molar-refractivity contribution in [3.8, 4) is 0 Å². The van der Waals surface area contributed by atoms with Crippen LogP contribution in [0.1, 0.15) is 13.8 Å². The molecule has 0 unspecified atom stereocenters. The monoisotopic (exact) mass is 215 g/mol. The van der Waals surface area contributed by atoms with Crippen LogP contribution in [0.3, 0.4) is 0 Å². The number of rotatable bonds is 2. The van der Waals surface area contributed by atoms with Crippen LogP contribution in [-0.4, -0.2) is 5.21 Å². The predicted octanol–water partition coefficient (Wildman–Crippen LogP) is 4.24. The molecule has 2 heteroatoms. The van der Waals surface area contributed by atoms with Crippen molar-refractivity contribution < 1.29 is 5.21 Å². The molecular weight excluding hydrogens is 198 g/mol. The van der Waals surface area contributed by atoms with Gasteiger partial charge in [-0.25, -0.2) is 5.06 Å². The first-order chi connectivity index (χ1) is 7.88. The van der Waals surface area contributed by atoms with Gasteiger partial charge in [0.05, 0.1) is 11.4 Å². The van der Waals surface area contributed by atoms with E-state index in [0.717, 1.165) is 11.4 Å². The van der Waals surface area contributed by atoms with Crippen molar-refractivity contribution in [2.45, 2.75) is 13.8 Å². The molecule has 0 saturated carbocycles. The lowest BCUT2D eigenvalue weighted by atomic mass is 10.2. The molecule has 0 radical (unpaired) electrons. The maximum Gasteiger partial charge on any atom is 0.0693 e.